The Labute approximate surface area is 96.6 Å². The topological polar surface area (TPSA) is 51.2 Å². The van der Waals surface area contributed by atoms with Crippen LogP contribution in [0.4, 0.5) is 5.13 Å². The van der Waals surface area contributed by atoms with E-state index in [9.17, 15) is 4.79 Å². The molecule has 6 heteroatoms. The lowest BCUT2D eigenvalue weighted by Gasteiger charge is -2.08. The number of nitrogens with one attached hydrogen (secondary N) is 1. The molecule has 1 aromatic rings. The number of esters is 1. The van der Waals surface area contributed by atoms with Gasteiger partial charge in [0.15, 0.2) is 15.2 Å². The molecule has 0 unspecified atom stereocenters. The average Bonchev–Trinajstić information content (AvgIpc) is 2.79. The van der Waals surface area contributed by atoms with E-state index in [1.165, 1.54) is 18.4 Å². The van der Waals surface area contributed by atoms with Gasteiger partial charge in [-0.25, -0.2) is 9.78 Å². The van der Waals surface area contributed by atoms with Crippen molar-refractivity contribution in [2.45, 2.75) is 25.3 Å². The number of hydrogen-bond acceptors (Lipinski definition) is 5. The quantitative estimate of drug-likeness (QED) is 0.833. The maximum atomic E-state index is 11.3. The number of nitrogens with zero attached hydrogens (tertiary/aromatic N) is 1. The van der Waals surface area contributed by atoms with Crippen molar-refractivity contribution in [3.63, 3.8) is 0 Å². The monoisotopic (exact) mass is 246 g/mol. The van der Waals surface area contributed by atoms with Crippen LogP contribution in [0, 0.1) is 0 Å². The van der Waals surface area contributed by atoms with E-state index in [1.807, 2.05) is 0 Å². The first-order chi connectivity index (χ1) is 7.04. The Bertz CT molecular complexity index is 401. The molecule has 4 nitrogen and oxygen atoms in total. The van der Waals surface area contributed by atoms with E-state index in [2.05, 4.69) is 22.0 Å². The van der Waals surface area contributed by atoms with Gasteiger partial charge in [0.1, 0.15) is 0 Å². The summed E-state index contributed by atoms with van der Waals surface area (Å²) in [6.45, 7) is 2.11. The molecule has 1 fully saturated rings. The van der Waals surface area contributed by atoms with Crippen LogP contribution in [0.15, 0.2) is 0 Å². The first-order valence-electron chi connectivity index (χ1n) is 4.57. The number of halogens is 1. The van der Waals surface area contributed by atoms with Crippen LogP contribution in [0.1, 0.15) is 29.4 Å². The number of carbonyl (C=O) groups is 1. The van der Waals surface area contributed by atoms with Crippen LogP contribution in [-0.4, -0.2) is 23.6 Å². The highest BCUT2D eigenvalue weighted by atomic mass is 35.5. The summed E-state index contributed by atoms with van der Waals surface area (Å²) in [4.78, 5) is 15.7. The van der Waals surface area contributed by atoms with Crippen LogP contribution in [0.2, 0.25) is 5.15 Å². The molecule has 1 heterocycles. The van der Waals surface area contributed by atoms with Crippen LogP contribution >= 0.6 is 22.9 Å². The second-order valence-electron chi connectivity index (χ2n) is 3.82. The van der Waals surface area contributed by atoms with Gasteiger partial charge in [0.2, 0.25) is 0 Å². The van der Waals surface area contributed by atoms with Crippen LogP contribution in [0.5, 0.6) is 0 Å². The Morgan fingerprint density at radius 3 is 2.87 bits per heavy atom. The molecule has 2 rings (SSSR count). The molecular weight excluding hydrogens is 236 g/mol. The van der Waals surface area contributed by atoms with Crippen molar-refractivity contribution >= 4 is 34.0 Å². The van der Waals surface area contributed by atoms with E-state index < -0.39 is 5.97 Å². The fraction of sp³-hybridized carbons (Fsp3) is 0.556. The van der Waals surface area contributed by atoms with Gasteiger partial charge in [0, 0.05) is 5.54 Å². The minimum absolute atomic E-state index is 0.134. The number of anilines is 1. The number of rotatable bonds is 3. The van der Waals surface area contributed by atoms with Gasteiger partial charge in [-0.1, -0.05) is 22.9 Å². The van der Waals surface area contributed by atoms with Gasteiger partial charge in [-0.05, 0) is 19.8 Å². The van der Waals surface area contributed by atoms with Crippen molar-refractivity contribution in [3.8, 4) is 0 Å². The van der Waals surface area contributed by atoms with Crippen molar-refractivity contribution in [2.75, 3.05) is 12.4 Å². The van der Waals surface area contributed by atoms with E-state index in [4.69, 9.17) is 11.6 Å². The number of hydrogen-bond donors (Lipinski definition) is 1. The lowest BCUT2D eigenvalue weighted by molar-refractivity contribution is 0.0606. The summed E-state index contributed by atoms with van der Waals surface area (Å²) in [5.41, 5.74) is 0.134. The standard InChI is InChI=1S/C9H11ClN2O2S/c1-9(3-4-9)12-8-11-6(10)5(15-8)7(13)14-2/h3-4H2,1-2H3,(H,11,12). The van der Waals surface area contributed by atoms with Gasteiger partial charge >= 0.3 is 5.97 Å². The lowest BCUT2D eigenvalue weighted by atomic mass is 10.3. The fourth-order valence-corrected chi connectivity index (χ4v) is 2.40. The largest absolute Gasteiger partial charge is 0.465 e. The molecule has 82 valence electrons. The van der Waals surface area contributed by atoms with Crippen LogP contribution in [-0.2, 0) is 4.74 Å². The van der Waals surface area contributed by atoms with E-state index in [-0.39, 0.29) is 10.7 Å². The molecule has 0 saturated heterocycles. The molecule has 0 aliphatic heterocycles. The van der Waals surface area contributed by atoms with Gasteiger partial charge in [-0.2, -0.15) is 0 Å². The Hall–Kier alpha value is -0.810. The first kappa shape index (κ1) is 10.7. The minimum atomic E-state index is -0.438. The molecule has 0 bridgehead atoms. The van der Waals surface area contributed by atoms with E-state index in [0.717, 1.165) is 12.8 Å². The highest BCUT2D eigenvalue weighted by Gasteiger charge is 2.38. The summed E-state index contributed by atoms with van der Waals surface area (Å²) >= 11 is 7.06. The highest BCUT2D eigenvalue weighted by Crippen LogP contribution is 2.40. The van der Waals surface area contributed by atoms with E-state index >= 15 is 0 Å². The Morgan fingerprint density at radius 1 is 1.67 bits per heavy atom. The molecule has 0 radical (unpaired) electrons. The molecule has 1 aromatic heterocycles. The molecule has 0 amide bonds. The van der Waals surface area contributed by atoms with Gasteiger partial charge in [0.25, 0.3) is 0 Å². The molecule has 0 aromatic carbocycles. The van der Waals surface area contributed by atoms with E-state index in [0.29, 0.717) is 10.0 Å². The van der Waals surface area contributed by atoms with Crippen molar-refractivity contribution < 1.29 is 9.53 Å². The molecule has 15 heavy (non-hydrogen) atoms. The third-order valence-electron chi connectivity index (χ3n) is 2.37. The minimum Gasteiger partial charge on any atom is -0.465 e. The second-order valence-corrected chi connectivity index (χ2v) is 5.17. The fourth-order valence-electron chi connectivity index (χ4n) is 1.14. The number of ether oxygens (including phenoxy) is 1. The number of aromatic nitrogens is 1. The average molecular weight is 247 g/mol. The van der Waals surface area contributed by atoms with Crippen molar-refractivity contribution in [1.29, 1.82) is 0 Å². The van der Waals surface area contributed by atoms with Gasteiger partial charge in [0.05, 0.1) is 7.11 Å². The lowest BCUT2D eigenvalue weighted by Crippen LogP contribution is -2.15. The Morgan fingerprint density at radius 2 is 2.33 bits per heavy atom. The van der Waals surface area contributed by atoms with E-state index in [1.54, 1.807) is 0 Å². The molecular formula is C9H11ClN2O2S. The molecule has 1 N–H and O–H groups in total. The second kappa shape index (κ2) is 3.64. The maximum Gasteiger partial charge on any atom is 0.351 e. The summed E-state index contributed by atoms with van der Waals surface area (Å²) in [6, 6.07) is 0. The molecule has 1 aliphatic rings. The summed E-state index contributed by atoms with van der Waals surface area (Å²) in [5, 5.41) is 4.14. The molecule has 0 spiro atoms. The summed E-state index contributed by atoms with van der Waals surface area (Å²) < 4.78 is 4.60. The SMILES string of the molecule is COC(=O)c1sc(NC2(C)CC2)nc1Cl. The van der Waals surface area contributed by atoms with Crippen LogP contribution in [0.3, 0.4) is 0 Å². The third-order valence-corrected chi connectivity index (χ3v) is 3.70. The predicted molar refractivity (Wildman–Crippen MR) is 59.7 cm³/mol. The van der Waals surface area contributed by atoms with Gasteiger partial charge in [-0.15, -0.1) is 0 Å². The van der Waals surface area contributed by atoms with Crippen molar-refractivity contribution in [3.05, 3.63) is 10.0 Å². The number of carbonyl (C=O) groups excluding carboxylic acids is 1. The van der Waals surface area contributed by atoms with Gasteiger partial charge < -0.3 is 10.1 Å². The summed E-state index contributed by atoms with van der Waals surface area (Å²) in [7, 11) is 1.33. The normalized spacial score (nSPS) is 17.3. The highest BCUT2D eigenvalue weighted by molar-refractivity contribution is 7.18. The smallest absolute Gasteiger partial charge is 0.351 e. The first-order valence-corrected chi connectivity index (χ1v) is 5.76. The van der Waals surface area contributed by atoms with Gasteiger partial charge in [-0.3, -0.25) is 0 Å². The summed E-state index contributed by atoms with van der Waals surface area (Å²) in [5.74, 6) is -0.438. The number of thiazole rings is 1. The Balaban J connectivity index is 2.17. The zero-order valence-corrected chi connectivity index (χ0v) is 10.0. The third kappa shape index (κ3) is 2.23. The van der Waals surface area contributed by atoms with Crippen molar-refractivity contribution in [1.82, 2.24) is 4.98 Å². The predicted octanol–water partition coefficient (Wildman–Crippen LogP) is 2.55. The van der Waals surface area contributed by atoms with Crippen LogP contribution < -0.4 is 5.32 Å². The van der Waals surface area contributed by atoms with Crippen LogP contribution in [0.25, 0.3) is 0 Å². The Kier molecular flexibility index (Phi) is 2.60. The van der Waals surface area contributed by atoms with Crippen molar-refractivity contribution in [2.24, 2.45) is 0 Å². The molecule has 0 atom stereocenters. The molecule has 1 saturated carbocycles. The molecule has 1 aliphatic carbocycles. The maximum absolute atomic E-state index is 11.3. The summed E-state index contributed by atoms with van der Waals surface area (Å²) in [6.07, 6.45) is 2.25. The number of methoxy groups -OCH3 is 1. The zero-order chi connectivity index (χ0) is 11.1. The zero-order valence-electron chi connectivity index (χ0n) is 8.46.